The van der Waals surface area contributed by atoms with Crippen molar-refractivity contribution in [2.24, 2.45) is 0 Å². The summed E-state index contributed by atoms with van der Waals surface area (Å²) in [5.74, 6) is 0. The Labute approximate surface area is 59.1 Å². The van der Waals surface area contributed by atoms with E-state index in [0.717, 1.165) is 12.1 Å². The average molecular weight is 139 g/mol. The molecule has 9 heavy (non-hydrogen) atoms. The maximum absolute atomic E-state index is 4.11. The number of aromatic nitrogens is 1. The molecule has 0 spiro atoms. The minimum absolute atomic E-state index is 1.04. The molecule has 1 nitrogen and oxygen atoms in total. The quantitative estimate of drug-likeness (QED) is 0.613. The molecule has 0 bridgehead atoms. The second-order valence-corrected chi connectivity index (χ2v) is 2.66. The van der Waals surface area contributed by atoms with Crippen molar-refractivity contribution >= 4 is 17.4 Å². The fourth-order valence-corrected chi connectivity index (χ4v) is 1.43. The summed E-state index contributed by atoms with van der Waals surface area (Å²) in [6, 6.07) is 0. The number of hydrogen-bond acceptors (Lipinski definition) is 2. The van der Waals surface area contributed by atoms with Gasteiger partial charge in [-0.1, -0.05) is 13.5 Å². The molecule has 0 aliphatic heterocycles. The zero-order valence-corrected chi connectivity index (χ0v) is 6.24. The van der Waals surface area contributed by atoms with E-state index in [9.17, 15) is 0 Å². The molecule has 0 saturated heterocycles. The Morgan fingerprint density at radius 3 is 3.11 bits per heavy atom. The summed E-state index contributed by atoms with van der Waals surface area (Å²) >= 11 is 1.69. The van der Waals surface area contributed by atoms with Crippen LogP contribution in [0.4, 0.5) is 0 Å². The maximum Gasteiger partial charge on any atom is 0.0801 e. The van der Waals surface area contributed by atoms with E-state index in [2.05, 4.69) is 18.5 Å². The van der Waals surface area contributed by atoms with Gasteiger partial charge < -0.3 is 0 Å². The second-order valence-electron chi connectivity index (χ2n) is 1.72. The normalized spacial score (nSPS) is 9.44. The van der Waals surface area contributed by atoms with Gasteiger partial charge in [0.15, 0.2) is 0 Å². The largest absolute Gasteiger partial charge is 0.245 e. The van der Waals surface area contributed by atoms with Crippen LogP contribution in [0, 0.1) is 0 Å². The fraction of sp³-hybridized carbons (Fsp3) is 0.286. The average Bonchev–Trinajstić information content (AvgIpc) is 2.33. The zero-order chi connectivity index (χ0) is 6.69. The predicted molar refractivity (Wildman–Crippen MR) is 41.6 cm³/mol. The summed E-state index contributed by atoms with van der Waals surface area (Å²) < 4.78 is 0. The Morgan fingerprint density at radius 2 is 2.67 bits per heavy atom. The van der Waals surface area contributed by atoms with Crippen molar-refractivity contribution in [1.29, 1.82) is 0 Å². The standard InChI is InChI=1S/C7H9NS/c1-3-6-7(4-2)9-5-8-6/h3,5H,1,4H2,2H3. The van der Waals surface area contributed by atoms with Crippen molar-refractivity contribution < 1.29 is 0 Å². The van der Waals surface area contributed by atoms with Gasteiger partial charge in [0.2, 0.25) is 0 Å². The second kappa shape index (κ2) is 2.78. The fourth-order valence-electron chi connectivity index (χ4n) is 0.710. The highest BCUT2D eigenvalue weighted by Gasteiger charge is 1.96. The highest BCUT2D eigenvalue weighted by Crippen LogP contribution is 2.13. The van der Waals surface area contributed by atoms with Crippen LogP contribution < -0.4 is 0 Å². The molecular weight excluding hydrogens is 130 g/mol. The summed E-state index contributed by atoms with van der Waals surface area (Å²) in [4.78, 5) is 5.43. The topological polar surface area (TPSA) is 12.9 Å². The van der Waals surface area contributed by atoms with Crippen LogP contribution in [0.25, 0.3) is 6.08 Å². The first-order valence-electron chi connectivity index (χ1n) is 2.93. The van der Waals surface area contributed by atoms with Gasteiger partial charge in [0, 0.05) is 4.88 Å². The van der Waals surface area contributed by atoms with Crippen molar-refractivity contribution in [2.45, 2.75) is 13.3 Å². The van der Waals surface area contributed by atoms with Gasteiger partial charge in [-0.2, -0.15) is 0 Å². The van der Waals surface area contributed by atoms with E-state index in [1.54, 1.807) is 17.4 Å². The molecule has 48 valence electrons. The van der Waals surface area contributed by atoms with Gasteiger partial charge >= 0.3 is 0 Å². The van der Waals surface area contributed by atoms with E-state index >= 15 is 0 Å². The Balaban J connectivity index is 2.98. The van der Waals surface area contributed by atoms with Gasteiger partial charge in [-0.15, -0.1) is 11.3 Å². The van der Waals surface area contributed by atoms with Gasteiger partial charge in [-0.3, -0.25) is 0 Å². The molecule has 0 N–H and O–H groups in total. The van der Waals surface area contributed by atoms with Crippen LogP contribution in [0.5, 0.6) is 0 Å². The summed E-state index contributed by atoms with van der Waals surface area (Å²) in [5.41, 5.74) is 2.90. The summed E-state index contributed by atoms with van der Waals surface area (Å²) in [6.45, 7) is 5.78. The van der Waals surface area contributed by atoms with Crippen LogP contribution in [0.3, 0.4) is 0 Å². The molecule has 0 amide bonds. The molecule has 0 unspecified atom stereocenters. The zero-order valence-electron chi connectivity index (χ0n) is 5.42. The van der Waals surface area contributed by atoms with Crippen LogP contribution in [0.1, 0.15) is 17.5 Å². The van der Waals surface area contributed by atoms with Crippen molar-refractivity contribution in [2.75, 3.05) is 0 Å². The lowest BCUT2D eigenvalue weighted by molar-refractivity contribution is 1.16. The van der Waals surface area contributed by atoms with Crippen molar-refractivity contribution in [1.82, 2.24) is 4.98 Å². The highest BCUT2D eigenvalue weighted by atomic mass is 32.1. The lowest BCUT2D eigenvalue weighted by Crippen LogP contribution is -1.77. The molecule has 0 aliphatic rings. The molecule has 2 heteroatoms. The minimum Gasteiger partial charge on any atom is -0.245 e. The Hall–Kier alpha value is -0.630. The van der Waals surface area contributed by atoms with Gasteiger partial charge in [0.25, 0.3) is 0 Å². The third-order valence-corrected chi connectivity index (χ3v) is 2.18. The number of aryl methyl sites for hydroxylation is 1. The van der Waals surface area contributed by atoms with Gasteiger partial charge in [0.05, 0.1) is 11.2 Å². The van der Waals surface area contributed by atoms with E-state index in [4.69, 9.17) is 0 Å². The van der Waals surface area contributed by atoms with E-state index in [1.165, 1.54) is 4.88 Å². The SMILES string of the molecule is C=Cc1ncsc1CC. The van der Waals surface area contributed by atoms with E-state index in [0.29, 0.717) is 0 Å². The van der Waals surface area contributed by atoms with Crippen LogP contribution in [0.15, 0.2) is 12.1 Å². The molecule has 0 saturated carbocycles. The lowest BCUT2D eigenvalue weighted by Gasteiger charge is -1.87. The Morgan fingerprint density at radius 1 is 1.89 bits per heavy atom. The first-order valence-corrected chi connectivity index (χ1v) is 3.81. The molecule has 1 rings (SSSR count). The Kier molecular flexibility index (Phi) is 2.01. The van der Waals surface area contributed by atoms with Crippen molar-refractivity contribution in [3.8, 4) is 0 Å². The van der Waals surface area contributed by atoms with Crippen molar-refractivity contribution in [3.63, 3.8) is 0 Å². The summed E-state index contributed by atoms with van der Waals surface area (Å²) in [7, 11) is 0. The monoisotopic (exact) mass is 139 g/mol. The number of nitrogens with zero attached hydrogens (tertiary/aromatic N) is 1. The van der Waals surface area contributed by atoms with Gasteiger partial charge in [-0.05, 0) is 12.5 Å². The summed E-state index contributed by atoms with van der Waals surface area (Å²) in [6.07, 6.45) is 2.86. The van der Waals surface area contributed by atoms with E-state index < -0.39 is 0 Å². The third kappa shape index (κ3) is 1.19. The first-order chi connectivity index (χ1) is 4.38. The van der Waals surface area contributed by atoms with Crippen molar-refractivity contribution in [3.05, 3.63) is 22.7 Å². The molecule has 0 fully saturated rings. The molecule has 0 atom stereocenters. The van der Waals surface area contributed by atoms with Crippen LogP contribution in [-0.2, 0) is 6.42 Å². The van der Waals surface area contributed by atoms with Gasteiger partial charge in [0.1, 0.15) is 0 Å². The molecule has 1 aromatic heterocycles. The van der Waals surface area contributed by atoms with Gasteiger partial charge in [-0.25, -0.2) is 4.98 Å². The van der Waals surface area contributed by atoms with Crippen LogP contribution in [0.2, 0.25) is 0 Å². The Bertz CT molecular complexity index is 202. The third-order valence-electron chi connectivity index (χ3n) is 1.19. The number of hydrogen-bond donors (Lipinski definition) is 0. The number of thiazole rings is 1. The highest BCUT2D eigenvalue weighted by molar-refractivity contribution is 7.09. The summed E-state index contributed by atoms with van der Waals surface area (Å²) in [5, 5.41) is 0. The molecule has 1 aromatic rings. The lowest BCUT2D eigenvalue weighted by atomic mass is 10.3. The smallest absolute Gasteiger partial charge is 0.0801 e. The molecule has 1 heterocycles. The van der Waals surface area contributed by atoms with Crippen LogP contribution in [-0.4, -0.2) is 4.98 Å². The molecule has 0 radical (unpaired) electrons. The predicted octanol–water partition coefficient (Wildman–Crippen LogP) is 2.35. The maximum atomic E-state index is 4.11. The molecular formula is C7H9NS. The first kappa shape index (κ1) is 6.49. The van der Waals surface area contributed by atoms with E-state index in [1.807, 2.05) is 5.51 Å². The minimum atomic E-state index is 1.04. The van der Waals surface area contributed by atoms with E-state index in [-0.39, 0.29) is 0 Å². The molecule has 0 aliphatic carbocycles. The molecule has 0 aromatic carbocycles. The van der Waals surface area contributed by atoms with Crippen LogP contribution >= 0.6 is 11.3 Å². The number of rotatable bonds is 2.